The maximum Gasteiger partial charge on any atom is 0.229 e. The molecule has 4 nitrogen and oxygen atoms in total. The zero-order chi connectivity index (χ0) is 17.1. The summed E-state index contributed by atoms with van der Waals surface area (Å²) in [7, 11) is 0. The standard InChI is InChI=1S/C20H28N2O2/c1-14(2)20(24)22-11-5-8-16-9-10-17(13-18(16)22)21-19(23)12-15-6-3-4-7-15/h9-10,13-15H,3-8,11-12H2,1-2H3,(H,21,23). The molecule has 1 fully saturated rings. The summed E-state index contributed by atoms with van der Waals surface area (Å²) in [5, 5.41) is 3.03. The van der Waals surface area contributed by atoms with E-state index in [2.05, 4.69) is 11.4 Å². The topological polar surface area (TPSA) is 49.4 Å². The van der Waals surface area contributed by atoms with Crippen LogP contribution in [0.5, 0.6) is 0 Å². The molecular formula is C20H28N2O2. The SMILES string of the molecule is CC(C)C(=O)N1CCCc2ccc(NC(=O)CC3CCCC3)cc21. The largest absolute Gasteiger partial charge is 0.326 e. The predicted octanol–water partition coefficient (Wildman–Crippen LogP) is 4.14. The summed E-state index contributed by atoms with van der Waals surface area (Å²) in [6.45, 7) is 4.64. The Balaban J connectivity index is 1.72. The molecule has 1 aliphatic heterocycles. The van der Waals surface area contributed by atoms with Gasteiger partial charge in [-0.05, 0) is 49.3 Å². The first-order valence-corrected chi connectivity index (χ1v) is 9.28. The fourth-order valence-electron chi connectivity index (χ4n) is 3.88. The average molecular weight is 328 g/mol. The Bertz CT molecular complexity index is 618. The first kappa shape index (κ1) is 17.0. The first-order chi connectivity index (χ1) is 11.5. The highest BCUT2D eigenvalue weighted by Gasteiger charge is 2.25. The molecule has 2 amide bonds. The number of fused-ring (bicyclic) bond motifs is 1. The van der Waals surface area contributed by atoms with Gasteiger partial charge < -0.3 is 10.2 Å². The highest BCUT2D eigenvalue weighted by Crippen LogP contribution is 2.32. The Labute approximate surface area is 144 Å². The van der Waals surface area contributed by atoms with E-state index in [0.717, 1.165) is 30.8 Å². The number of amides is 2. The van der Waals surface area contributed by atoms with Crippen LogP contribution in [0.2, 0.25) is 0 Å². The normalized spacial score (nSPS) is 17.9. The van der Waals surface area contributed by atoms with Crippen LogP contribution < -0.4 is 10.2 Å². The molecule has 1 saturated carbocycles. The van der Waals surface area contributed by atoms with Gasteiger partial charge in [0.25, 0.3) is 0 Å². The predicted molar refractivity (Wildman–Crippen MR) is 97.2 cm³/mol. The second kappa shape index (κ2) is 7.37. The van der Waals surface area contributed by atoms with Crippen molar-refractivity contribution in [1.29, 1.82) is 0 Å². The fraction of sp³-hybridized carbons (Fsp3) is 0.600. The monoisotopic (exact) mass is 328 g/mol. The molecule has 0 aromatic heterocycles. The van der Waals surface area contributed by atoms with Crippen LogP contribution in [0.1, 0.15) is 57.9 Å². The minimum absolute atomic E-state index is 0.0171. The number of anilines is 2. The summed E-state index contributed by atoms with van der Waals surface area (Å²) < 4.78 is 0. The van der Waals surface area contributed by atoms with Crippen molar-refractivity contribution < 1.29 is 9.59 Å². The lowest BCUT2D eigenvalue weighted by Gasteiger charge is -2.31. The number of hydrogen-bond donors (Lipinski definition) is 1. The minimum Gasteiger partial charge on any atom is -0.326 e. The van der Waals surface area contributed by atoms with E-state index < -0.39 is 0 Å². The summed E-state index contributed by atoms with van der Waals surface area (Å²) >= 11 is 0. The molecule has 0 atom stereocenters. The van der Waals surface area contributed by atoms with Crippen molar-refractivity contribution in [1.82, 2.24) is 0 Å². The van der Waals surface area contributed by atoms with Crippen LogP contribution in [-0.2, 0) is 16.0 Å². The van der Waals surface area contributed by atoms with E-state index in [1.54, 1.807) is 0 Å². The van der Waals surface area contributed by atoms with Gasteiger partial charge in [0.2, 0.25) is 11.8 Å². The molecule has 0 bridgehead atoms. The van der Waals surface area contributed by atoms with E-state index in [4.69, 9.17) is 0 Å². The highest BCUT2D eigenvalue weighted by molar-refractivity contribution is 5.97. The first-order valence-electron chi connectivity index (χ1n) is 9.28. The van der Waals surface area contributed by atoms with Crippen LogP contribution in [0.25, 0.3) is 0 Å². The van der Waals surface area contributed by atoms with Gasteiger partial charge in [-0.2, -0.15) is 0 Å². The lowest BCUT2D eigenvalue weighted by atomic mass is 9.99. The zero-order valence-corrected chi connectivity index (χ0v) is 14.8. The molecule has 1 aromatic rings. The molecule has 0 saturated heterocycles. The number of aryl methyl sites for hydroxylation is 1. The molecular weight excluding hydrogens is 300 g/mol. The lowest BCUT2D eigenvalue weighted by molar-refractivity contribution is -0.121. The Kier molecular flexibility index (Phi) is 5.22. The van der Waals surface area contributed by atoms with Crippen molar-refractivity contribution in [3.63, 3.8) is 0 Å². The van der Waals surface area contributed by atoms with Crippen LogP contribution in [0, 0.1) is 11.8 Å². The van der Waals surface area contributed by atoms with Gasteiger partial charge in [-0.3, -0.25) is 9.59 Å². The molecule has 3 rings (SSSR count). The highest BCUT2D eigenvalue weighted by atomic mass is 16.2. The van der Waals surface area contributed by atoms with Crippen LogP contribution in [0.4, 0.5) is 11.4 Å². The Hall–Kier alpha value is -1.84. The van der Waals surface area contributed by atoms with Gasteiger partial charge >= 0.3 is 0 Å². The molecule has 1 N–H and O–H groups in total. The third-order valence-corrected chi connectivity index (χ3v) is 5.20. The van der Waals surface area contributed by atoms with Crippen molar-refractivity contribution in [3.8, 4) is 0 Å². The molecule has 1 aromatic carbocycles. The number of hydrogen-bond acceptors (Lipinski definition) is 2. The van der Waals surface area contributed by atoms with Crippen molar-refractivity contribution >= 4 is 23.2 Å². The van der Waals surface area contributed by atoms with Crippen molar-refractivity contribution in [3.05, 3.63) is 23.8 Å². The summed E-state index contributed by atoms with van der Waals surface area (Å²) in [5.74, 6) is 0.781. The summed E-state index contributed by atoms with van der Waals surface area (Å²) in [4.78, 5) is 26.6. The van der Waals surface area contributed by atoms with Gasteiger partial charge in [0.05, 0.1) is 0 Å². The number of carbonyl (C=O) groups is 2. The molecule has 0 spiro atoms. The van der Waals surface area contributed by atoms with E-state index in [1.165, 1.54) is 31.2 Å². The van der Waals surface area contributed by atoms with E-state index in [9.17, 15) is 9.59 Å². The fourth-order valence-corrected chi connectivity index (χ4v) is 3.88. The van der Waals surface area contributed by atoms with Crippen molar-refractivity contribution in [2.45, 2.75) is 58.8 Å². The smallest absolute Gasteiger partial charge is 0.229 e. The van der Waals surface area contributed by atoms with Gasteiger partial charge in [-0.15, -0.1) is 0 Å². The van der Waals surface area contributed by atoms with Crippen molar-refractivity contribution in [2.75, 3.05) is 16.8 Å². The van der Waals surface area contributed by atoms with Crippen LogP contribution in [0.3, 0.4) is 0 Å². The van der Waals surface area contributed by atoms with Crippen LogP contribution >= 0.6 is 0 Å². The van der Waals surface area contributed by atoms with E-state index in [0.29, 0.717) is 12.3 Å². The van der Waals surface area contributed by atoms with E-state index in [1.807, 2.05) is 30.9 Å². The summed E-state index contributed by atoms with van der Waals surface area (Å²) in [5.41, 5.74) is 2.97. The maximum atomic E-state index is 12.5. The third-order valence-electron chi connectivity index (χ3n) is 5.20. The van der Waals surface area contributed by atoms with Crippen LogP contribution in [0.15, 0.2) is 18.2 Å². The Morgan fingerprint density at radius 2 is 1.96 bits per heavy atom. The number of rotatable bonds is 4. The molecule has 24 heavy (non-hydrogen) atoms. The number of benzene rings is 1. The van der Waals surface area contributed by atoms with E-state index in [-0.39, 0.29) is 17.7 Å². The number of nitrogens with one attached hydrogen (secondary N) is 1. The second-order valence-electron chi connectivity index (χ2n) is 7.49. The molecule has 1 heterocycles. The maximum absolute atomic E-state index is 12.5. The second-order valence-corrected chi connectivity index (χ2v) is 7.49. The lowest BCUT2D eigenvalue weighted by Crippen LogP contribution is -2.38. The van der Waals surface area contributed by atoms with Gasteiger partial charge in [-0.1, -0.05) is 32.8 Å². The van der Waals surface area contributed by atoms with Crippen molar-refractivity contribution in [2.24, 2.45) is 11.8 Å². The molecule has 130 valence electrons. The molecule has 1 aliphatic carbocycles. The molecule has 0 unspecified atom stereocenters. The van der Waals surface area contributed by atoms with E-state index >= 15 is 0 Å². The Morgan fingerprint density at radius 1 is 1.21 bits per heavy atom. The summed E-state index contributed by atoms with van der Waals surface area (Å²) in [6, 6.07) is 6.00. The quantitative estimate of drug-likeness (QED) is 0.903. The summed E-state index contributed by atoms with van der Waals surface area (Å²) in [6.07, 6.45) is 7.47. The van der Waals surface area contributed by atoms with Crippen LogP contribution in [-0.4, -0.2) is 18.4 Å². The molecule has 0 radical (unpaired) electrons. The van der Waals surface area contributed by atoms with Gasteiger partial charge in [0.15, 0.2) is 0 Å². The number of nitrogens with zero attached hydrogens (tertiary/aromatic N) is 1. The minimum atomic E-state index is -0.0171. The average Bonchev–Trinajstić information content (AvgIpc) is 3.06. The van der Waals surface area contributed by atoms with Gasteiger partial charge in [0, 0.05) is 30.3 Å². The van der Waals surface area contributed by atoms with Gasteiger partial charge in [0.1, 0.15) is 0 Å². The molecule has 2 aliphatic rings. The Morgan fingerprint density at radius 3 is 2.67 bits per heavy atom. The zero-order valence-electron chi connectivity index (χ0n) is 14.8. The number of carbonyl (C=O) groups excluding carboxylic acids is 2. The third kappa shape index (κ3) is 3.80. The molecule has 4 heteroatoms. The van der Waals surface area contributed by atoms with Gasteiger partial charge in [-0.25, -0.2) is 0 Å².